The molecule has 1 N–H and O–H groups in total. The van der Waals surface area contributed by atoms with Crippen LogP contribution in [0, 0.1) is 17.8 Å². The molecule has 2 saturated carbocycles. The van der Waals surface area contributed by atoms with E-state index < -0.39 is 0 Å². The maximum absolute atomic E-state index is 9.20. The maximum atomic E-state index is 9.20. The first-order valence-corrected chi connectivity index (χ1v) is 3.99. The van der Waals surface area contributed by atoms with Gasteiger partial charge in [-0.05, 0) is 37.5 Å². The Morgan fingerprint density at radius 2 is 1.89 bits per heavy atom. The fourth-order valence-electron chi connectivity index (χ4n) is 2.59. The van der Waals surface area contributed by atoms with Gasteiger partial charge >= 0.3 is 0 Å². The van der Waals surface area contributed by atoms with Crippen LogP contribution in [-0.2, 0) is 0 Å². The molecule has 0 aromatic carbocycles. The smallest absolute Gasteiger partial charge is 0.0545 e. The van der Waals surface area contributed by atoms with E-state index in [1.165, 1.54) is 19.3 Å². The van der Waals surface area contributed by atoms with Gasteiger partial charge in [0, 0.05) is 0 Å². The molecule has 1 nitrogen and oxygen atoms in total. The van der Waals surface area contributed by atoms with Crippen LogP contribution in [0.2, 0.25) is 0 Å². The van der Waals surface area contributed by atoms with E-state index in [-0.39, 0.29) is 6.10 Å². The maximum Gasteiger partial charge on any atom is 0.0545 e. The fraction of sp³-hybridized carbons (Fsp3) is 1.00. The monoisotopic (exact) mass is 126 g/mol. The van der Waals surface area contributed by atoms with E-state index in [0.717, 1.165) is 11.8 Å². The van der Waals surface area contributed by atoms with Gasteiger partial charge in [-0.1, -0.05) is 6.42 Å². The van der Waals surface area contributed by atoms with E-state index in [1.54, 1.807) is 0 Å². The highest BCUT2D eigenvalue weighted by molar-refractivity contribution is 5.02. The third-order valence-electron chi connectivity index (χ3n) is 3.03. The van der Waals surface area contributed by atoms with E-state index in [9.17, 15) is 5.11 Å². The molecule has 0 aromatic rings. The largest absolute Gasteiger partial charge is 0.393 e. The van der Waals surface area contributed by atoms with Crippen molar-refractivity contribution in [2.45, 2.75) is 32.3 Å². The molecule has 9 heavy (non-hydrogen) atoms. The molecule has 0 amide bonds. The fourth-order valence-corrected chi connectivity index (χ4v) is 2.59. The zero-order chi connectivity index (χ0) is 6.43. The quantitative estimate of drug-likeness (QED) is 0.563. The standard InChI is InChI=1S/C8H14O/c1-5(9)8-6-3-2-4-7(6)8/h5-9H,2-4H2,1H3/t5-,6-,7+,8?/m1/s1. The molecule has 0 aliphatic heterocycles. The topological polar surface area (TPSA) is 20.2 Å². The van der Waals surface area contributed by atoms with Gasteiger partial charge < -0.3 is 5.11 Å². The SMILES string of the molecule is C[C@@H](O)C1[C@H]2CCC[C@@H]12. The number of hydrogen-bond donors (Lipinski definition) is 1. The predicted molar refractivity (Wildman–Crippen MR) is 36.0 cm³/mol. The predicted octanol–water partition coefficient (Wildman–Crippen LogP) is 1.41. The summed E-state index contributed by atoms with van der Waals surface area (Å²) in [5.41, 5.74) is 0. The second kappa shape index (κ2) is 1.72. The molecule has 52 valence electrons. The van der Waals surface area contributed by atoms with Gasteiger partial charge in [-0.3, -0.25) is 0 Å². The Labute approximate surface area is 56.1 Å². The number of fused-ring (bicyclic) bond motifs is 1. The minimum Gasteiger partial charge on any atom is -0.393 e. The first-order chi connectivity index (χ1) is 4.30. The Balaban J connectivity index is 1.94. The van der Waals surface area contributed by atoms with Crippen LogP contribution in [0.3, 0.4) is 0 Å². The minimum absolute atomic E-state index is 0.0275. The van der Waals surface area contributed by atoms with Gasteiger partial charge in [-0.25, -0.2) is 0 Å². The molecule has 2 aliphatic rings. The van der Waals surface area contributed by atoms with Crippen LogP contribution in [0.1, 0.15) is 26.2 Å². The lowest BCUT2D eigenvalue weighted by Gasteiger charge is -2.04. The Hall–Kier alpha value is -0.0400. The van der Waals surface area contributed by atoms with Gasteiger partial charge in [0.15, 0.2) is 0 Å². The number of aliphatic hydroxyl groups excluding tert-OH is 1. The summed E-state index contributed by atoms with van der Waals surface area (Å²) in [5.74, 6) is 2.54. The molecular formula is C8H14O. The Morgan fingerprint density at radius 3 is 2.22 bits per heavy atom. The summed E-state index contributed by atoms with van der Waals surface area (Å²) in [6.45, 7) is 1.93. The van der Waals surface area contributed by atoms with Crippen molar-refractivity contribution < 1.29 is 5.11 Å². The lowest BCUT2D eigenvalue weighted by atomic mass is 10.1. The average Bonchev–Trinajstić information content (AvgIpc) is 2.30. The van der Waals surface area contributed by atoms with Crippen LogP contribution >= 0.6 is 0 Å². The lowest BCUT2D eigenvalue weighted by Crippen LogP contribution is -2.06. The van der Waals surface area contributed by atoms with Gasteiger partial charge in [0.2, 0.25) is 0 Å². The van der Waals surface area contributed by atoms with Crippen molar-refractivity contribution >= 4 is 0 Å². The van der Waals surface area contributed by atoms with E-state index in [0.29, 0.717) is 5.92 Å². The summed E-state index contributed by atoms with van der Waals surface area (Å²) in [5, 5.41) is 9.20. The van der Waals surface area contributed by atoms with E-state index >= 15 is 0 Å². The Kier molecular flexibility index (Phi) is 1.10. The van der Waals surface area contributed by atoms with Crippen LogP contribution in [0.15, 0.2) is 0 Å². The molecule has 0 saturated heterocycles. The molecule has 2 fully saturated rings. The van der Waals surface area contributed by atoms with Gasteiger partial charge in [0.05, 0.1) is 6.10 Å². The molecule has 4 atom stereocenters. The summed E-state index contributed by atoms with van der Waals surface area (Å²) in [7, 11) is 0. The van der Waals surface area contributed by atoms with Crippen LogP contribution < -0.4 is 0 Å². The summed E-state index contributed by atoms with van der Waals surface area (Å²) in [6.07, 6.45) is 4.17. The summed E-state index contributed by atoms with van der Waals surface area (Å²) in [6, 6.07) is 0. The summed E-state index contributed by atoms with van der Waals surface area (Å²) >= 11 is 0. The van der Waals surface area contributed by atoms with Crippen molar-refractivity contribution in [3.8, 4) is 0 Å². The van der Waals surface area contributed by atoms with Crippen molar-refractivity contribution in [2.24, 2.45) is 17.8 Å². The minimum atomic E-state index is -0.0275. The highest BCUT2D eigenvalue weighted by Crippen LogP contribution is 2.58. The van der Waals surface area contributed by atoms with Crippen molar-refractivity contribution in [3.63, 3.8) is 0 Å². The van der Waals surface area contributed by atoms with Gasteiger partial charge in [-0.2, -0.15) is 0 Å². The van der Waals surface area contributed by atoms with Crippen molar-refractivity contribution in [2.75, 3.05) is 0 Å². The van der Waals surface area contributed by atoms with E-state index in [4.69, 9.17) is 0 Å². The van der Waals surface area contributed by atoms with Crippen LogP contribution in [0.5, 0.6) is 0 Å². The molecule has 0 bridgehead atoms. The molecule has 0 radical (unpaired) electrons. The molecule has 2 rings (SSSR count). The molecule has 0 spiro atoms. The third kappa shape index (κ3) is 0.710. The van der Waals surface area contributed by atoms with Crippen molar-refractivity contribution in [1.82, 2.24) is 0 Å². The van der Waals surface area contributed by atoms with Gasteiger partial charge in [0.25, 0.3) is 0 Å². The Bertz CT molecular complexity index is 110. The zero-order valence-corrected chi connectivity index (χ0v) is 5.88. The summed E-state index contributed by atoms with van der Waals surface area (Å²) in [4.78, 5) is 0. The summed E-state index contributed by atoms with van der Waals surface area (Å²) < 4.78 is 0. The van der Waals surface area contributed by atoms with Crippen LogP contribution in [0.25, 0.3) is 0 Å². The lowest BCUT2D eigenvalue weighted by molar-refractivity contribution is 0.154. The highest BCUT2D eigenvalue weighted by atomic mass is 16.3. The third-order valence-corrected chi connectivity index (χ3v) is 3.03. The first-order valence-electron chi connectivity index (χ1n) is 3.99. The number of rotatable bonds is 1. The normalized spacial score (nSPS) is 50.7. The van der Waals surface area contributed by atoms with Crippen molar-refractivity contribution in [3.05, 3.63) is 0 Å². The average molecular weight is 126 g/mol. The van der Waals surface area contributed by atoms with Crippen molar-refractivity contribution in [1.29, 1.82) is 0 Å². The molecular weight excluding hydrogens is 112 g/mol. The van der Waals surface area contributed by atoms with Crippen LogP contribution in [0.4, 0.5) is 0 Å². The molecule has 2 aliphatic carbocycles. The molecule has 0 aromatic heterocycles. The highest BCUT2D eigenvalue weighted by Gasteiger charge is 2.54. The second-order valence-corrected chi connectivity index (χ2v) is 3.58. The number of hydrogen-bond acceptors (Lipinski definition) is 1. The second-order valence-electron chi connectivity index (χ2n) is 3.58. The van der Waals surface area contributed by atoms with Gasteiger partial charge in [0.1, 0.15) is 0 Å². The van der Waals surface area contributed by atoms with E-state index in [1.807, 2.05) is 6.92 Å². The number of aliphatic hydroxyl groups is 1. The first kappa shape index (κ1) is 5.72. The molecule has 1 unspecified atom stereocenters. The van der Waals surface area contributed by atoms with Gasteiger partial charge in [-0.15, -0.1) is 0 Å². The molecule has 0 heterocycles. The molecule has 1 heteroatoms. The van der Waals surface area contributed by atoms with E-state index in [2.05, 4.69) is 0 Å². The Morgan fingerprint density at radius 1 is 1.33 bits per heavy atom. The van der Waals surface area contributed by atoms with Crippen LogP contribution in [-0.4, -0.2) is 11.2 Å². The zero-order valence-electron chi connectivity index (χ0n) is 5.88.